The molecule has 1 unspecified atom stereocenters. The van der Waals surface area contributed by atoms with Gasteiger partial charge in [0.15, 0.2) is 0 Å². The maximum atomic E-state index is 11.5. The minimum Gasteiger partial charge on any atom is -0.462 e. The van der Waals surface area contributed by atoms with Crippen LogP contribution in [0.15, 0.2) is 0 Å². The summed E-state index contributed by atoms with van der Waals surface area (Å²) in [5.41, 5.74) is 0.262. The Morgan fingerprint density at radius 3 is 2.13 bits per heavy atom. The average molecular weight is 214 g/mol. The molecular formula is C13H26O2. The molecule has 0 rings (SSSR count). The van der Waals surface area contributed by atoms with Gasteiger partial charge >= 0.3 is 5.97 Å². The molecule has 1 atom stereocenters. The van der Waals surface area contributed by atoms with Crippen molar-refractivity contribution >= 4 is 5.97 Å². The van der Waals surface area contributed by atoms with E-state index >= 15 is 0 Å². The molecule has 0 aromatic rings. The van der Waals surface area contributed by atoms with Crippen molar-refractivity contribution in [2.24, 2.45) is 11.3 Å². The molecule has 0 amide bonds. The fourth-order valence-electron chi connectivity index (χ4n) is 1.33. The normalized spacial score (nSPS) is 14.1. The van der Waals surface area contributed by atoms with E-state index in [1.807, 2.05) is 13.8 Å². The van der Waals surface area contributed by atoms with E-state index in [9.17, 15) is 4.79 Å². The fraction of sp³-hybridized carbons (Fsp3) is 0.923. The van der Waals surface area contributed by atoms with Crippen LogP contribution in [0.25, 0.3) is 0 Å². The predicted octanol–water partition coefficient (Wildman–Crippen LogP) is 3.79. The van der Waals surface area contributed by atoms with Crippen molar-refractivity contribution in [3.8, 4) is 0 Å². The van der Waals surface area contributed by atoms with Crippen LogP contribution in [0, 0.1) is 11.3 Å². The lowest BCUT2D eigenvalue weighted by molar-refractivity contribution is -0.154. The van der Waals surface area contributed by atoms with Crippen LogP contribution in [-0.4, -0.2) is 12.1 Å². The maximum absolute atomic E-state index is 11.5. The minimum absolute atomic E-state index is 0.0243. The number of esters is 1. The van der Waals surface area contributed by atoms with Gasteiger partial charge in [0.25, 0.3) is 0 Å². The smallest absolute Gasteiger partial charge is 0.308 e. The Balaban J connectivity index is 4.21. The highest BCUT2D eigenvalue weighted by Gasteiger charge is 2.23. The number of carbonyl (C=O) groups excluding carboxylic acids is 1. The van der Waals surface area contributed by atoms with E-state index in [2.05, 4.69) is 27.7 Å². The second-order valence-corrected chi connectivity index (χ2v) is 5.34. The van der Waals surface area contributed by atoms with Crippen LogP contribution in [0.2, 0.25) is 0 Å². The van der Waals surface area contributed by atoms with Gasteiger partial charge in [0.2, 0.25) is 0 Å². The van der Waals surface area contributed by atoms with E-state index in [0.29, 0.717) is 0 Å². The number of rotatable bonds is 6. The molecule has 0 aromatic heterocycles. The monoisotopic (exact) mass is 214 g/mol. The summed E-state index contributed by atoms with van der Waals surface area (Å²) in [4.78, 5) is 11.5. The van der Waals surface area contributed by atoms with Crippen molar-refractivity contribution in [1.82, 2.24) is 0 Å². The molecule has 0 aliphatic rings. The molecule has 0 fully saturated rings. The average Bonchev–Trinajstić information content (AvgIpc) is 2.16. The second kappa shape index (κ2) is 6.14. The van der Waals surface area contributed by atoms with Gasteiger partial charge in [-0.3, -0.25) is 4.79 Å². The molecule has 90 valence electrons. The Kier molecular flexibility index (Phi) is 5.92. The standard InChI is InChI=1S/C13H26O2/c1-7-11(9-13(5,6)8-2)15-12(14)10(3)4/h10-11H,7-9H2,1-6H3. The van der Waals surface area contributed by atoms with E-state index in [4.69, 9.17) is 4.74 Å². The van der Waals surface area contributed by atoms with Crippen LogP contribution in [-0.2, 0) is 9.53 Å². The SMILES string of the molecule is CCC(CC(C)(C)CC)OC(=O)C(C)C. The van der Waals surface area contributed by atoms with E-state index in [-0.39, 0.29) is 23.4 Å². The number of ether oxygens (including phenoxy) is 1. The molecule has 0 radical (unpaired) electrons. The van der Waals surface area contributed by atoms with Gasteiger partial charge < -0.3 is 4.74 Å². The summed E-state index contributed by atoms with van der Waals surface area (Å²) in [7, 11) is 0. The molecule has 2 nitrogen and oxygen atoms in total. The van der Waals surface area contributed by atoms with E-state index in [0.717, 1.165) is 19.3 Å². The molecule has 0 saturated carbocycles. The van der Waals surface area contributed by atoms with Crippen molar-refractivity contribution in [3.05, 3.63) is 0 Å². The predicted molar refractivity (Wildman–Crippen MR) is 63.7 cm³/mol. The van der Waals surface area contributed by atoms with E-state index in [1.54, 1.807) is 0 Å². The third kappa shape index (κ3) is 5.81. The highest BCUT2D eigenvalue weighted by atomic mass is 16.5. The highest BCUT2D eigenvalue weighted by Crippen LogP contribution is 2.28. The van der Waals surface area contributed by atoms with E-state index < -0.39 is 0 Å². The Hall–Kier alpha value is -0.530. The van der Waals surface area contributed by atoms with Gasteiger partial charge in [-0.1, -0.05) is 48.0 Å². The first-order chi connectivity index (χ1) is 6.82. The minimum atomic E-state index is -0.0752. The molecule has 0 heterocycles. The largest absolute Gasteiger partial charge is 0.462 e. The van der Waals surface area contributed by atoms with E-state index in [1.165, 1.54) is 0 Å². The summed E-state index contributed by atoms with van der Waals surface area (Å²) in [6, 6.07) is 0. The van der Waals surface area contributed by atoms with Crippen LogP contribution < -0.4 is 0 Å². The number of carbonyl (C=O) groups is 1. The van der Waals surface area contributed by atoms with Crippen LogP contribution in [0.4, 0.5) is 0 Å². The van der Waals surface area contributed by atoms with Crippen molar-refractivity contribution in [1.29, 1.82) is 0 Å². The molecule has 0 spiro atoms. The first-order valence-corrected chi connectivity index (χ1v) is 6.03. The number of hydrogen-bond donors (Lipinski definition) is 0. The van der Waals surface area contributed by atoms with Gasteiger partial charge in [0.1, 0.15) is 6.10 Å². The van der Waals surface area contributed by atoms with Crippen molar-refractivity contribution in [2.45, 2.75) is 66.9 Å². The molecule has 0 aromatic carbocycles. The molecule has 0 bridgehead atoms. The van der Waals surface area contributed by atoms with Gasteiger partial charge in [-0.2, -0.15) is 0 Å². The fourth-order valence-corrected chi connectivity index (χ4v) is 1.33. The lowest BCUT2D eigenvalue weighted by Gasteiger charge is -2.28. The van der Waals surface area contributed by atoms with Crippen molar-refractivity contribution in [2.75, 3.05) is 0 Å². The zero-order chi connectivity index (χ0) is 12.1. The Morgan fingerprint density at radius 1 is 1.27 bits per heavy atom. The van der Waals surface area contributed by atoms with Gasteiger partial charge in [0, 0.05) is 0 Å². The lowest BCUT2D eigenvalue weighted by Crippen LogP contribution is -2.26. The van der Waals surface area contributed by atoms with Crippen LogP contribution in [0.1, 0.15) is 60.8 Å². The topological polar surface area (TPSA) is 26.3 Å². The van der Waals surface area contributed by atoms with Crippen LogP contribution in [0.3, 0.4) is 0 Å². The number of hydrogen-bond acceptors (Lipinski definition) is 2. The molecule has 0 aliphatic heterocycles. The molecule has 0 saturated heterocycles. The summed E-state index contributed by atoms with van der Waals surface area (Å²) in [5, 5.41) is 0. The van der Waals surface area contributed by atoms with Gasteiger partial charge in [-0.15, -0.1) is 0 Å². The summed E-state index contributed by atoms with van der Waals surface area (Å²) >= 11 is 0. The Bertz CT molecular complexity index is 195. The first-order valence-electron chi connectivity index (χ1n) is 6.03. The van der Waals surface area contributed by atoms with Crippen molar-refractivity contribution in [3.63, 3.8) is 0 Å². The zero-order valence-electron chi connectivity index (χ0n) is 11.1. The quantitative estimate of drug-likeness (QED) is 0.629. The zero-order valence-corrected chi connectivity index (χ0v) is 11.1. The summed E-state index contributed by atoms with van der Waals surface area (Å²) < 4.78 is 5.46. The van der Waals surface area contributed by atoms with Crippen molar-refractivity contribution < 1.29 is 9.53 Å². The first kappa shape index (κ1) is 14.5. The molecule has 0 aliphatic carbocycles. The molecular weight excluding hydrogens is 188 g/mol. The third-order valence-corrected chi connectivity index (χ3v) is 2.95. The summed E-state index contributed by atoms with van der Waals surface area (Å²) in [6.07, 6.45) is 3.05. The second-order valence-electron chi connectivity index (χ2n) is 5.34. The van der Waals surface area contributed by atoms with Crippen LogP contribution in [0.5, 0.6) is 0 Å². The van der Waals surface area contributed by atoms with Crippen LogP contribution >= 0.6 is 0 Å². The summed E-state index contributed by atoms with van der Waals surface area (Å²) in [6.45, 7) is 12.4. The van der Waals surface area contributed by atoms with Gasteiger partial charge in [-0.25, -0.2) is 0 Å². The Labute approximate surface area is 94.4 Å². The highest BCUT2D eigenvalue weighted by molar-refractivity contribution is 5.71. The third-order valence-electron chi connectivity index (χ3n) is 2.95. The van der Waals surface area contributed by atoms with Gasteiger partial charge in [0.05, 0.1) is 5.92 Å². The molecule has 15 heavy (non-hydrogen) atoms. The van der Waals surface area contributed by atoms with Gasteiger partial charge in [-0.05, 0) is 18.3 Å². The lowest BCUT2D eigenvalue weighted by atomic mass is 9.83. The molecule has 2 heteroatoms. The molecule has 0 N–H and O–H groups in total. The Morgan fingerprint density at radius 2 is 1.80 bits per heavy atom. The summed E-state index contributed by atoms with van der Waals surface area (Å²) in [5.74, 6) is -0.0995. The maximum Gasteiger partial charge on any atom is 0.308 e.